The van der Waals surface area contributed by atoms with Crippen LogP contribution in [0.3, 0.4) is 0 Å². The van der Waals surface area contributed by atoms with Gasteiger partial charge in [0.25, 0.3) is 0 Å². The van der Waals surface area contributed by atoms with Crippen molar-refractivity contribution in [3.63, 3.8) is 0 Å². The molecule has 92 valence electrons. The molecule has 2 heteroatoms. The van der Waals surface area contributed by atoms with E-state index in [9.17, 15) is 0 Å². The van der Waals surface area contributed by atoms with Crippen molar-refractivity contribution >= 4 is 0 Å². The second-order valence-electron chi connectivity index (χ2n) is 4.72. The molecule has 0 N–H and O–H groups in total. The SMILES string of the molecule is CCCC(CC)C(CC#N)c1cncc(C)c1. The van der Waals surface area contributed by atoms with Gasteiger partial charge in [-0.1, -0.05) is 39.2 Å². The van der Waals surface area contributed by atoms with E-state index in [-0.39, 0.29) is 0 Å². The molecule has 2 nitrogen and oxygen atoms in total. The number of hydrogen-bond acceptors (Lipinski definition) is 2. The predicted octanol–water partition coefficient (Wildman–Crippen LogP) is 4.21. The minimum atomic E-state index is 0.345. The van der Waals surface area contributed by atoms with Crippen molar-refractivity contribution in [1.82, 2.24) is 4.98 Å². The highest BCUT2D eigenvalue weighted by Crippen LogP contribution is 2.33. The highest BCUT2D eigenvalue weighted by molar-refractivity contribution is 5.22. The summed E-state index contributed by atoms with van der Waals surface area (Å²) in [6.07, 6.45) is 7.90. The molecule has 0 saturated carbocycles. The summed E-state index contributed by atoms with van der Waals surface area (Å²) in [4.78, 5) is 4.25. The first-order valence-electron chi connectivity index (χ1n) is 6.51. The van der Waals surface area contributed by atoms with Gasteiger partial charge in [-0.2, -0.15) is 5.26 Å². The summed E-state index contributed by atoms with van der Waals surface area (Å²) >= 11 is 0. The summed E-state index contributed by atoms with van der Waals surface area (Å²) in [7, 11) is 0. The van der Waals surface area contributed by atoms with E-state index in [0.29, 0.717) is 18.3 Å². The Morgan fingerprint density at radius 3 is 2.65 bits per heavy atom. The molecule has 0 fully saturated rings. The summed E-state index contributed by atoms with van der Waals surface area (Å²) in [5, 5.41) is 9.01. The molecule has 0 bridgehead atoms. The maximum atomic E-state index is 9.01. The normalized spacial score (nSPS) is 14.0. The van der Waals surface area contributed by atoms with Crippen molar-refractivity contribution in [1.29, 1.82) is 5.26 Å². The zero-order chi connectivity index (χ0) is 12.7. The maximum absolute atomic E-state index is 9.01. The molecule has 0 aromatic carbocycles. The van der Waals surface area contributed by atoms with E-state index in [0.717, 1.165) is 6.42 Å². The standard InChI is InChI=1S/C15H22N2/c1-4-6-13(5-2)15(7-8-16)14-9-12(3)10-17-11-14/h9-11,13,15H,4-7H2,1-3H3. The summed E-state index contributed by atoms with van der Waals surface area (Å²) < 4.78 is 0. The van der Waals surface area contributed by atoms with Gasteiger partial charge in [-0.15, -0.1) is 0 Å². The van der Waals surface area contributed by atoms with Gasteiger partial charge < -0.3 is 0 Å². The third kappa shape index (κ3) is 3.85. The second-order valence-corrected chi connectivity index (χ2v) is 4.72. The van der Waals surface area contributed by atoms with E-state index in [1.54, 1.807) is 0 Å². The van der Waals surface area contributed by atoms with E-state index in [4.69, 9.17) is 5.26 Å². The largest absolute Gasteiger partial charge is 0.264 e. The van der Waals surface area contributed by atoms with Crippen LogP contribution in [-0.2, 0) is 0 Å². The molecule has 0 aliphatic heterocycles. The van der Waals surface area contributed by atoms with E-state index in [1.165, 1.54) is 24.0 Å². The summed E-state index contributed by atoms with van der Waals surface area (Å²) in [6.45, 7) is 6.48. The molecule has 0 saturated heterocycles. The van der Waals surface area contributed by atoms with Crippen LogP contribution in [-0.4, -0.2) is 4.98 Å². The molecule has 17 heavy (non-hydrogen) atoms. The number of aryl methyl sites for hydroxylation is 1. The number of pyridine rings is 1. The lowest BCUT2D eigenvalue weighted by atomic mass is 9.80. The van der Waals surface area contributed by atoms with Crippen molar-refractivity contribution in [2.45, 2.75) is 52.4 Å². The Kier molecular flexibility index (Phi) is 5.69. The van der Waals surface area contributed by atoms with Gasteiger partial charge in [0, 0.05) is 24.7 Å². The Hall–Kier alpha value is -1.36. The second kappa shape index (κ2) is 7.06. The fourth-order valence-corrected chi connectivity index (χ4v) is 2.50. The molecule has 1 rings (SSSR count). The van der Waals surface area contributed by atoms with E-state index in [2.05, 4.69) is 37.9 Å². The first-order valence-corrected chi connectivity index (χ1v) is 6.51. The molecule has 1 aromatic heterocycles. The lowest BCUT2D eigenvalue weighted by Crippen LogP contribution is -2.12. The molecular weight excluding hydrogens is 208 g/mol. The monoisotopic (exact) mass is 230 g/mol. The zero-order valence-electron chi connectivity index (χ0n) is 11.1. The average molecular weight is 230 g/mol. The topological polar surface area (TPSA) is 36.7 Å². The molecule has 0 spiro atoms. The van der Waals surface area contributed by atoms with Crippen molar-refractivity contribution in [3.8, 4) is 6.07 Å². The Labute approximate surface area is 105 Å². The van der Waals surface area contributed by atoms with Gasteiger partial charge in [-0.25, -0.2) is 0 Å². The molecule has 0 radical (unpaired) electrons. The van der Waals surface area contributed by atoms with Crippen molar-refractivity contribution < 1.29 is 0 Å². The van der Waals surface area contributed by atoms with E-state index < -0.39 is 0 Å². The molecule has 0 amide bonds. The van der Waals surface area contributed by atoms with Crippen LogP contribution in [0.4, 0.5) is 0 Å². The van der Waals surface area contributed by atoms with Gasteiger partial charge in [0.15, 0.2) is 0 Å². The van der Waals surface area contributed by atoms with E-state index in [1.807, 2.05) is 12.4 Å². The summed E-state index contributed by atoms with van der Waals surface area (Å²) in [5.74, 6) is 0.945. The van der Waals surface area contributed by atoms with Gasteiger partial charge in [0.05, 0.1) is 6.07 Å². The number of nitriles is 1. The number of nitrogens with zero attached hydrogens (tertiary/aromatic N) is 2. The first kappa shape index (κ1) is 13.7. The van der Waals surface area contributed by atoms with Gasteiger partial charge in [0.2, 0.25) is 0 Å². The van der Waals surface area contributed by atoms with E-state index >= 15 is 0 Å². The molecule has 1 aromatic rings. The van der Waals surface area contributed by atoms with Crippen molar-refractivity contribution in [2.24, 2.45) is 5.92 Å². The van der Waals surface area contributed by atoms with Crippen LogP contribution < -0.4 is 0 Å². The highest BCUT2D eigenvalue weighted by atomic mass is 14.6. The van der Waals surface area contributed by atoms with Crippen LogP contribution >= 0.6 is 0 Å². The van der Waals surface area contributed by atoms with Crippen LogP contribution in [0.15, 0.2) is 18.5 Å². The molecule has 0 aliphatic rings. The third-order valence-electron chi connectivity index (χ3n) is 3.39. The quantitative estimate of drug-likeness (QED) is 0.734. The number of rotatable bonds is 6. The van der Waals surface area contributed by atoms with Gasteiger partial charge in [-0.05, 0) is 24.0 Å². The Bertz CT molecular complexity index is 379. The zero-order valence-corrected chi connectivity index (χ0v) is 11.1. The lowest BCUT2D eigenvalue weighted by Gasteiger charge is -2.24. The predicted molar refractivity (Wildman–Crippen MR) is 70.6 cm³/mol. The molecule has 0 aliphatic carbocycles. The fraction of sp³-hybridized carbons (Fsp3) is 0.600. The average Bonchev–Trinajstić information content (AvgIpc) is 2.33. The Morgan fingerprint density at radius 1 is 1.35 bits per heavy atom. The van der Waals surface area contributed by atoms with Gasteiger partial charge in [0.1, 0.15) is 0 Å². The summed E-state index contributed by atoms with van der Waals surface area (Å²) in [6, 6.07) is 4.51. The maximum Gasteiger partial charge on any atom is 0.0628 e. The smallest absolute Gasteiger partial charge is 0.0628 e. The molecule has 2 atom stereocenters. The summed E-state index contributed by atoms with van der Waals surface area (Å²) in [5.41, 5.74) is 2.41. The van der Waals surface area contributed by atoms with Crippen LogP contribution in [0.25, 0.3) is 0 Å². The number of aromatic nitrogens is 1. The van der Waals surface area contributed by atoms with Gasteiger partial charge in [-0.3, -0.25) is 4.98 Å². The minimum Gasteiger partial charge on any atom is -0.264 e. The molecule has 2 unspecified atom stereocenters. The van der Waals surface area contributed by atoms with Gasteiger partial charge >= 0.3 is 0 Å². The van der Waals surface area contributed by atoms with Crippen LogP contribution in [0, 0.1) is 24.2 Å². The van der Waals surface area contributed by atoms with Crippen molar-refractivity contribution in [3.05, 3.63) is 29.6 Å². The fourth-order valence-electron chi connectivity index (χ4n) is 2.50. The third-order valence-corrected chi connectivity index (χ3v) is 3.39. The van der Waals surface area contributed by atoms with Crippen LogP contribution in [0.1, 0.15) is 56.6 Å². The Balaban J connectivity index is 2.95. The highest BCUT2D eigenvalue weighted by Gasteiger charge is 2.21. The van der Waals surface area contributed by atoms with Crippen LogP contribution in [0.5, 0.6) is 0 Å². The first-order chi connectivity index (χ1) is 8.22. The molecule has 1 heterocycles. The lowest BCUT2D eigenvalue weighted by molar-refractivity contribution is 0.381. The van der Waals surface area contributed by atoms with Crippen molar-refractivity contribution in [2.75, 3.05) is 0 Å². The Morgan fingerprint density at radius 2 is 2.12 bits per heavy atom. The van der Waals surface area contributed by atoms with Crippen LogP contribution in [0.2, 0.25) is 0 Å². The number of hydrogen-bond donors (Lipinski definition) is 0. The minimum absolute atomic E-state index is 0.345. The molecular formula is C15H22N2.